The molecule has 4 heteroatoms. The fourth-order valence-electron chi connectivity index (χ4n) is 1.42. The lowest BCUT2D eigenvalue weighted by Gasteiger charge is -2.29. The summed E-state index contributed by atoms with van der Waals surface area (Å²) in [6.45, 7) is 4.44. The van der Waals surface area contributed by atoms with Crippen LogP contribution < -0.4 is 5.73 Å². The Morgan fingerprint density at radius 2 is 2.15 bits per heavy atom. The van der Waals surface area contributed by atoms with E-state index in [1.165, 1.54) is 4.90 Å². The molecule has 0 aromatic heterocycles. The summed E-state index contributed by atoms with van der Waals surface area (Å²) >= 11 is 0. The van der Waals surface area contributed by atoms with Gasteiger partial charge in [0, 0.05) is 13.0 Å². The van der Waals surface area contributed by atoms with Gasteiger partial charge in [-0.15, -0.1) is 0 Å². The molecule has 0 unspecified atom stereocenters. The van der Waals surface area contributed by atoms with Crippen LogP contribution in [-0.4, -0.2) is 29.3 Å². The van der Waals surface area contributed by atoms with Crippen molar-refractivity contribution in [2.75, 3.05) is 6.54 Å². The zero-order valence-electron chi connectivity index (χ0n) is 8.12. The largest absolute Gasteiger partial charge is 0.320 e. The van der Waals surface area contributed by atoms with Crippen LogP contribution in [0.1, 0.15) is 26.7 Å². The molecule has 2 N–H and O–H groups in total. The van der Waals surface area contributed by atoms with Crippen molar-refractivity contribution < 1.29 is 9.59 Å². The zero-order chi connectivity index (χ0) is 10.0. The van der Waals surface area contributed by atoms with Gasteiger partial charge in [0.05, 0.1) is 6.04 Å². The van der Waals surface area contributed by atoms with E-state index in [2.05, 4.69) is 0 Å². The van der Waals surface area contributed by atoms with Crippen LogP contribution in [0.15, 0.2) is 0 Å². The van der Waals surface area contributed by atoms with Crippen LogP contribution in [0.5, 0.6) is 0 Å². The number of carbonyl (C=O) groups excluding carboxylic acids is 2. The van der Waals surface area contributed by atoms with Crippen LogP contribution in [0, 0.1) is 5.92 Å². The minimum absolute atomic E-state index is 0.0830. The first-order valence-electron chi connectivity index (χ1n) is 4.62. The highest BCUT2D eigenvalue weighted by Gasteiger charge is 2.31. The number of piperidine rings is 1. The number of imide groups is 1. The lowest BCUT2D eigenvalue weighted by atomic mass is 10.0. The van der Waals surface area contributed by atoms with Crippen molar-refractivity contribution in [3.05, 3.63) is 0 Å². The third-order valence-electron chi connectivity index (χ3n) is 2.10. The van der Waals surface area contributed by atoms with Gasteiger partial charge in [0.1, 0.15) is 0 Å². The maximum absolute atomic E-state index is 11.5. The van der Waals surface area contributed by atoms with E-state index in [0.29, 0.717) is 25.3 Å². The molecule has 1 heterocycles. The smallest absolute Gasteiger partial charge is 0.246 e. The van der Waals surface area contributed by atoms with E-state index in [1.54, 1.807) is 0 Å². The summed E-state index contributed by atoms with van der Waals surface area (Å²) in [6, 6.07) is -0.476. The Kier molecular flexibility index (Phi) is 3.03. The molecule has 0 saturated carbocycles. The molecule has 0 bridgehead atoms. The minimum Gasteiger partial charge on any atom is -0.320 e. The van der Waals surface area contributed by atoms with E-state index in [4.69, 9.17) is 5.73 Å². The molecule has 0 radical (unpaired) electrons. The van der Waals surface area contributed by atoms with E-state index >= 15 is 0 Å². The van der Waals surface area contributed by atoms with E-state index in [-0.39, 0.29) is 11.8 Å². The van der Waals surface area contributed by atoms with Crippen LogP contribution in [0.3, 0.4) is 0 Å². The summed E-state index contributed by atoms with van der Waals surface area (Å²) in [5.41, 5.74) is 5.56. The maximum atomic E-state index is 11.5. The highest BCUT2D eigenvalue weighted by molar-refractivity contribution is 6.00. The Balaban J connectivity index is 2.67. The van der Waals surface area contributed by atoms with E-state index in [0.717, 1.165) is 0 Å². The van der Waals surface area contributed by atoms with Crippen LogP contribution in [0.2, 0.25) is 0 Å². The van der Waals surface area contributed by atoms with Crippen molar-refractivity contribution in [3.63, 3.8) is 0 Å². The summed E-state index contributed by atoms with van der Waals surface area (Å²) < 4.78 is 0. The molecule has 1 aliphatic rings. The average Bonchev–Trinajstić information content (AvgIpc) is 2.05. The number of carbonyl (C=O) groups is 2. The third kappa shape index (κ3) is 2.28. The Morgan fingerprint density at radius 3 is 2.69 bits per heavy atom. The molecular weight excluding hydrogens is 168 g/mol. The maximum Gasteiger partial charge on any atom is 0.246 e. The van der Waals surface area contributed by atoms with Gasteiger partial charge in [0.15, 0.2) is 0 Å². The monoisotopic (exact) mass is 184 g/mol. The molecule has 4 nitrogen and oxygen atoms in total. The Morgan fingerprint density at radius 1 is 1.54 bits per heavy atom. The molecule has 1 fully saturated rings. The van der Waals surface area contributed by atoms with E-state index in [1.807, 2.05) is 13.8 Å². The number of hydrogen-bond donors (Lipinski definition) is 1. The first kappa shape index (κ1) is 10.2. The summed E-state index contributed by atoms with van der Waals surface area (Å²) in [4.78, 5) is 24.1. The molecule has 1 saturated heterocycles. The molecule has 74 valence electrons. The molecule has 1 rings (SSSR count). The predicted molar refractivity (Wildman–Crippen MR) is 48.8 cm³/mol. The van der Waals surface area contributed by atoms with Gasteiger partial charge in [-0.2, -0.15) is 0 Å². The molecule has 0 aliphatic carbocycles. The normalized spacial score (nSPS) is 24.3. The standard InChI is InChI=1S/C9H16N2O2/c1-6(2)5-11-8(12)4-3-7(10)9(11)13/h6-7H,3-5,10H2,1-2H3/t7-/m0/s1. The second-order valence-electron chi connectivity index (χ2n) is 3.88. The van der Waals surface area contributed by atoms with Gasteiger partial charge < -0.3 is 5.73 Å². The van der Waals surface area contributed by atoms with Crippen LogP contribution >= 0.6 is 0 Å². The summed E-state index contributed by atoms with van der Waals surface area (Å²) in [7, 11) is 0. The predicted octanol–water partition coefficient (Wildman–Crippen LogP) is 0.119. The molecule has 2 amide bonds. The molecule has 1 aliphatic heterocycles. The molecular formula is C9H16N2O2. The quantitative estimate of drug-likeness (QED) is 0.620. The summed E-state index contributed by atoms with van der Waals surface area (Å²) in [5, 5.41) is 0. The molecule has 13 heavy (non-hydrogen) atoms. The number of rotatable bonds is 2. The van der Waals surface area contributed by atoms with Crippen LogP contribution in [-0.2, 0) is 9.59 Å². The zero-order valence-corrected chi connectivity index (χ0v) is 8.12. The molecule has 0 aromatic rings. The lowest BCUT2D eigenvalue weighted by molar-refractivity contribution is -0.149. The SMILES string of the molecule is CC(C)CN1C(=O)CC[C@H](N)C1=O. The van der Waals surface area contributed by atoms with Gasteiger partial charge >= 0.3 is 0 Å². The fraction of sp³-hybridized carbons (Fsp3) is 0.778. The van der Waals surface area contributed by atoms with Crippen molar-refractivity contribution in [1.29, 1.82) is 0 Å². The summed E-state index contributed by atoms with van der Waals surface area (Å²) in [6.07, 6.45) is 0.895. The molecule has 0 spiro atoms. The number of amides is 2. The number of nitrogens with zero attached hydrogens (tertiary/aromatic N) is 1. The van der Waals surface area contributed by atoms with E-state index < -0.39 is 6.04 Å². The Bertz CT molecular complexity index is 226. The van der Waals surface area contributed by atoms with Crippen molar-refractivity contribution >= 4 is 11.8 Å². The Hall–Kier alpha value is -0.900. The lowest BCUT2D eigenvalue weighted by Crippen LogP contribution is -2.52. The minimum atomic E-state index is -0.476. The molecule has 0 aromatic carbocycles. The van der Waals surface area contributed by atoms with Crippen LogP contribution in [0.25, 0.3) is 0 Å². The highest BCUT2D eigenvalue weighted by atomic mass is 16.2. The second-order valence-corrected chi connectivity index (χ2v) is 3.88. The number of hydrogen-bond acceptors (Lipinski definition) is 3. The number of likely N-dealkylation sites (tertiary alicyclic amines) is 1. The fourth-order valence-corrected chi connectivity index (χ4v) is 1.42. The van der Waals surface area contributed by atoms with Crippen LogP contribution in [0.4, 0.5) is 0 Å². The van der Waals surface area contributed by atoms with Crippen molar-refractivity contribution in [2.24, 2.45) is 11.7 Å². The average molecular weight is 184 g/mol. The van der Waals surface area contributed by atoms with Gasteiger partial charge in [-0.05, 0) is 12.3 Å². The third-order valence-corrected chi connectivity index (χ3v) is 2.10. The van der Waals surface area contributed by atoms with Gasteiger partial charge in [-0.1, -0.05) is 13.8 Å². The van der Waals surface area contributed by atoms with Crippen molar-refractivity contribution in [2.45, 2.75) is 32.7 Å². The van der Waals surface area contributed by atoms with Crippen molar-refractivity contribution in [1.82, 2.24) is 4.90 Å². The van der Waals surface area contributed by atoms with E-state index in [9.17, 15) is 9.59 Å². The van der Waals surface area contributed by atoms with Gasteiger partial charge in [0.2, 0.25) is 11.8 Å². The second kappa shape index (κ2) is 3.87. The highest BCUT2D eigenvalue weighted by Crippen LogP contribution is 2.13. The number of nitrogens with two attached hydrogens (primary N) is 1. The van der Waals surface area contributed by atoms with Gasteiger partial charge in [-0.25, -0.2) is 0 Å². The topological polar surface area (TPSA) is 63.4 Å². The van der Waals surface area contributed by atoms with Gasteiger partial charge in [-0.3, -0.25) is 14.5 Å². The first-order chi connectivity index (χ1) is 6.02. The van der Waals surface area contributed by atoms with Gasteiger partial charge in [0.25, 0.3) is 0 Å². The summed E-state index contributed by atoms with van der Waals surface area (Å²) in [5.74, 6) is 0.00329. The molecule has 1 atom stereocenters. The van der Waals surface area contributed by atoms with Crippen molar-refractivity contribution in [3.8, 4) is 0 Å². The first-order valence-corrected chi connectivity index (χ1v) is 4.62. The Labute approximate surface area is 78.1 Å².